The van der Waals surface area contributed by atoms with Gasteiger partial charge >= 0.3 is 0 Å². The molecule has 5 heteroatoms. The van der Waals surface area contributed by atoms with Gasteiger partial charge in [-0.25, -0.2) is 0 Å². The Morgan fingerprint density at radius 1 is 0.926 bits per heavy atom. The first kappa shape index (κ1) is 18.0. The molecule has 0 radical (unpaired) electrons. The smallest absolute Gasteiger partial charge is 0.279 e. The topological polar surface area (TPSA) is 65.4 Å². The Labute approximate surface area is 158 Å². The molecule has 3 rings (SSSR count). The van der Waals surface area contributed by atoms with Crippen LogP contribution in [0.15, 0.2) is 84.9 Å². The van der Waals surface area contributed by atoms with E-state index < -0.39 is 6.10 Å². The van der Waals surface area contributed by atoms with Gasteiger partial charge in [0.1, 0.15) is 5.75 Å². The zero-order valence-electron chi connectivity index (χ0n) is 14.9. The zero-order valence-corrected chi connectivity index (χ0v) is 14.9. The van der Waals surface area contributed by atoms with Crippen molar-refractivity contribution in [2.24, 2.45) is 0 Å². The molecule has 3 aromatic rings. The fraction of sp³-hybridized carbons (Fsp3) is 0.0909. The van der Waals surface area contributed by atoms with E-state index in [9.17, 15) is 4.79 Å². The number of hydrazine groups is 1. The minimum absolute atomic E-state index is 0.285. The second kappa shape index (κ2) is 8.54. The summed E-state index contributed by atoms with van der Waals surface area (Å²) >= 11 is 0. The lowest BCUT2D eigenvalue weighted by Crippen LogP contribution is -2.45. The average molecular weight is 357 g/mol. The number of hydrogen-bond donors (Lipinski definition) is 1. The summed E-state index contributed by atoms with van der Waals surface area (Å²) in [5.41, 5.74) is 5.12. The molecule has 1 amide bonds. The molecule has 0 aromatic heterocycles. The Hall–Kier alpha value is -3.78. The molecule has 0 saturated heterocycles. The van der Waals surface area contributed by atoms with Gasteiger partial charge in [-0.2, -0.15) is 5.26 Å². The minimum atomic E-state index is -0.715. The molecular weight excluding hydrogens is 338 g/mol. The summed E-state index contributed by atoms with van der Waals surface area (Å²) in [5, 5.41) is 10.6. The largest absolute Gasteiger partial charge is 0.481 e. The van der Waals surface area contributed by atoms with E-state index in [0.29, 0.717) is 11.3 Å². The third-order valence-corrected chi connectivity index (χ3v) is 3.92. The van der Waals surface area contributed by atoms with Gasteiger partial charge in [-0.1, -0.05) is 36.4 Å². The van der Waals surface area contributed by atoms with Crippen LogP contribution in [0, 0.1) is 11.3 Å². The van der Waals surface area contributed by atoms with Crippen molar-refractivity contribution < 1.29 is 9.53 Å². The summed E-state index contributed by atoms with van der Waals surface area (Å²) in [7, 11) is 0. The summed E-state index contributed by atoms with van der Waals surface area (Å²) in [5.74, 6) is 0.245. The van der Waals surface area contributed by atoms with Crippen molar-refractivity contribution in [3.05, 3.63) is 90.5 Å². The van der Waals surface area contributed by atoms with Crippen LogP contribution in [0.4, 0.5) is 11.4 Å². The molecule has 0 saturated carbocycles. The van der Waals surface area contributed by atoms with Crippen molar-refractivity contribution in [2.45, 2.75) is 13.0 Å². The van der Waals surface area contributed by atoms with E-state index in [1.165, 1.54) is 0 Å². The van der Waals surface area contributed by atoms with E-state index in [1.807, 2.05) is 60.7 Å². The molecule has 27 heavy (non-hydrogen) atoms. The van der Waals surface area contributed by atoms with Crippen molar-refractivity contribution in [1.29, 1.82) is 5.26 Å². The average Bonchev–Trinajstić information content (AvgIpc) is 2.73. The van der Waals surface area contributed by atoms with E-state index in [4.69, 9.17) is 10.00 Å². The van der Waals surface area contributed by atoms with Gasteiger partial charge in [0.15, 0.2) is 6.10 Å². The molecule has 0 bridgehead atoms. The van der Waals surface area contributed by atoms with Gasteiger partial charge in [-0.15, -0.1) is 0 Å². The fourth-order valence-corrected chi connectivity index (χ4v) is 2.50. The predicted molar refractivity (Wildman–Crippen MR) is 104 cm³/mol. The van der Waals surface area contributed by atoms with Gasteiger partial charge in [-0.05, 0) is 55.5 Å². The molecule has 1 atom stereocenters. The van der Waals surface area contributed by atoms with Crippen molar-refractivity contribution >= 4 is 17.3 Å². The van der Waals surface area contributed by atoms with E-state index in [0.717, 1.165) is 11.4 Å². The molecule has 0 aliphatic rings. The number of carbonyl (C=O) groups excluding carboxylic acids is 1. The van der Waals surface area contributed by atoms with Crippen LogP contribution in [0.3, 0.4) is 0 Å². The van der Waals surface area contributed by atoms with Crippen LogP contribution in [-0.4, -0.2) is 12.0 Å². The number of amides is 1. The first-order valence-electron chi connectivity index (χ1n) is 8.55. The summed E-state index contributed by atoms with van der Waals surface area (Å²) in [4.78, 5) is 12.7. The molecule has 0 aliphatic carbocycles. The molecule has 0 spiro atoms. The van der Waals surface area contributed by atoms with E-state index in [-0.39, 0.29) is 5.91 Å². The Morgan fingerprint density at radius 3 is 1.93 bits per heavy atom. The van der Waals surface area contributed by atoms with Crippen LogP contribution in [0.5, 0.6) is 5.75 Å². The second-order valence-corrected chi connectivity index (χ2v) is 5.88. The van der Waals surface area contributed by atoms with Gasteiger partial charge in [0, 0.05) is 0 Å². The maximum absolute atomic E-state index is 12.7. The molecule has 0 aliphatic heterocycles. The molecule has 3 aromatic carbocycles. The molecule has 0 fully saturated rings. The highest BCUT2D eigenvalue weighted by molar-refractivity contribution is 5.84. The van der Waals surface area contributed by atoms with E-state index in [1.54, 1.807) is 36.2 Å². The Bertz CT molecular complexity index is 880. The first-order chi connectivity index (χ1) is 13.2. The highest BCUT2D eigenvalue weighted by Gasteiger charge is 2.19. The van der Waals surface area contributed by atoms with Crippen molar-refractivity contribution in [3.63, 3.8) is 0 Å². The molecule has 0 heterocycles. The van der Waals surface area contributed by atoms with Crippen LogP contribution in [0.25, 0.3) is 0 Å². The van der Waals surface area contributed by atoms with Crippen LogP contribution in [0.2, 0.25) is 0 Å². The summed E-state index contributed by atoms with van der Waals surface area (Å²) in [6.45, 7) is 1.68. The van der Waals surface area contributed by atoms with Crippen LogP contribution in [0.1, 0.15) is 12.5 Å². The predicted octanol–water partition coefficient (Wildman–Crippen LogP) is 4.20. The maximum Gasteiger partial charge on any atom is 0.279 e. The van der Waals surface area contributed by atoms with Crippen LogP contribution >= 0.6 is 0 Å². The summed E-state index contributed by atoms with van der Waals surface area (Å²) in [6.07, 6.45) is -0.715. The standard InChI is InChI=1S/C22H19N3O2/c1-17(27-21-14-12-18(16-23)13-15-21)22(26)24-25(19-8-4-2-5-9-19)20-10-6-3-7-11-20/h2-15,17H,1H3,(H,24,26). The van der Waals surface area contributed by atoms with Crippen molar-refractivity contribution in [3.8, 4) is 11.8 Å². The van der Waals surface area contributed by atoms with Gasteiger partial charge in [0.25, 0.3) is 5.91 Å². The number of ether oxygens (including phenoxy) is 1. The Morgan fingerprint density at radius 2 is 1.44 bits per heavy atom. The lowest BCUT2D eigenvalue weighted by Gasteiger charge is -2.27. The lowest BCUT2D eigenvalue weighted by atomic mass is 10.2. The summed E-state index contributed by atoms with van der Waals surface area (Å²) < 4.78 is 5.70. The Kier molecular flexibility index (Phi) is 5.70. The number of benzene rings is 3. The highest BCUT2D eigenvalue weighted by Crippen LogP contribution is 2.23. The molecule has 1 unspecified atom stereocenters. The molecule has 5 nitrogen and oxygen atoms in total. The number of carbonyl (C=O) groups is 1. The third kappa shape index (κ3) is 4.65. The number of nitrogens with one attached hydrogen (secondary N) is 1. The highest BCUT2D eigenvalue weighted by atomic mass is 16.5. The van der Waals surface area contributed by atoms with Crippen LogP contribution in [-0.2, 0) is 4.79 Å². The third-order valence-electron chi connectivity index (χ3n) is 3.92. The summed E-state index contributed by atoms with van der Waals surface area (Å²) in [6, 6.07) is 27.9. The zero-order chi connectivity index (χ0) is 19.1. The number of nitriles is 1. The van der Waals surface area contributed by atoms with Gasteiger partial charge in [0.05, 0.1) is 23.0 Å². The van der Waals surface area contributed by atoms with Crippen molar-refractivity contribution in [1.82, 2.24) is 5.43 Å². The number of nitrogens with zero attached hydrogens (tertiary/aromatic N) is 2. The number of rotatable bonds is 6. The second-order valence-electron chi connectivity index (χ2n) is 5.88. The quantitative estimate of drug-likeness (QED) is 0.672. The molecular formula is C22H19N3O2. The fourth-order valence-electron chi connectivity index (χ4n) is 2.50. The normalized spacial score (nSPS) is 11.1. The van der Waals surface area contributed by atoms with E-state index >= 15 is 0 Å². The Balaban J connectivity index is 1.74. The number of anilines is 2. The first-order valence-corrected chi connectivity index (χ1v) is 8.55. The SMILES string of the molecule is CC(Oc1ccc(C#N)cc1)C(=O)NN(c1ccccc1)c1ccccc1. The monoisotopic (exact) mass is 357 g/mol. The van der Waals surface area contributed by atoms with E-state index in [2.05, 4.69) is 11.5 Å². The molecule has 1 N–H and O–H groups in total. The lowest BCUT2D eigenvalue weighted by molar-refractivity contribution is -0.127. The van der Waals surface area contributed by atoms with Gasteiger partial charge in [0.2, 0.25) is 0 Å². The molecule has 134 valence electrons. The maximum atomic E-state index is 12.7. The number of para-hydroxylation sites is 2. The minimum Gasteiger partial charge on any atom is -0.481 e. The van der Waals surface area contributed by atoms with Gasteiger partial charge < -0.3 is 4.74 Å². The van der Waals surface area contributed by atoms with Gasteiger partial charge in [-0.3, -0.25) is 15.2 Å². The number of hydrogen-bond acceptors (Lipinski definition) is 4. The van der Waals surface area contributed by atoms with Crippen LogP contribution < -0.4 is 15.2 Å². The van der Waals surface area contributed by atoms with Crippen molar-refractivity contribution in [2.75, 3.05) is 5.01 Å².